The molecule has 0 saturated heterocycles. The van der Waals surface area contributed by atoms with Crippen LogP contribution in [0.25, 0.3) is 0 Å². The molecule has 1 aromatic rings. The molecule has 0 atom stereocenters. The van der Waals surface area contributed by atoms with Gasteiger partial charge < -0.3 is 18.9 Å². The van der Waals surface area contributed by atoms with E-state index in [0.29, 0.717) is 31.3 Å². The third-order valence-electron chi connectivity index (χ3n) is 4.09. The molecule has 0 unspecified atom stereocenters. The van der Waals surface area contributed by atoms with Crippen LogP contribution < -0.4 is 5.32 Å². The van der Waals surface area contributed by atoms with E-state index in [9.17, 15) is 4.57 Å². The van der Waals surface area contributed by atoms with Gasteiger partial charge in [0.15, 0.2) is 0 Å². The zero-order chi connectivity index (χ0) is 21.2. The van der Waals surface area contributed by atoms with Gasteiger partial charge in [-0.05, 0) is 62.5 Å². The number of rotatable bonds is 13. The predicted molar refractivity (Wildman–Crippen MR) is 125 cm³/mol. The first-order chi connectivity index (χ1) is 13.2. The van der Waals surface area contributed by atoms with Crippen molar-refractivity contribution in [2.45, 2.75) is 47.0 Å². The molecule has 0 bridgehead atoms. The smallest absolute Gasteiger partial charge is 0.359 e. The lowest BCUT2D eigenvalue weighted by Gasteiger charge is -2.28. The van der Waals surface area contributed by atoms with Crippen LogP contribution in [0.15, 0.2) is 16.7 Å². The topological polar surface area (TPSA) is 69.7 Å². The van der Waals surface area contributed by atoms with Crippen LogP contribution in [0.3, 0.4) is 0 Å². The van der Waals surface area contributed by atoms with Crippen molar-refractivity contribution < 1.29 is 18.1 Å². The second-order valence-electron chi connectivity index (χ2n) is 6.64. The number of hydrogen-bond donors (Lipinski definition) is 1. The number of halogens is 1. The number of aromatic nitrogens is 1. The van der Waals surface area contributed by atoms with E-state index >= 15 is 0 Å². The number of hydrogen-bond acceptors (Lipinski definition) is 6. The standard InChI is InChI=1S/C19H35BrN2O4P2/c1-7-11-12-21-19-16(13-17(20)15-22-19)14-18(27(5,6)24-8-2)28(23,25-9-3)26-10-4/h13,15H,7-12,14H2,1-6H3,(H,21,22). The summed E-state index contributed by atoms with van der Waals surface area (Å²) in [6, 6.07) is 2.01. The second-order valence-corrected chi connectivity index (χ2v) is 13.5. The van der Waals surface area contributed by atoms with Crippen LogP contribution in [0.5, 0.6) is 0 Å². The van der Waals surface area contributed by atoms with Crippen molar-refractivity contribution in [3.8, 4) is 0 Å². The highest BCUT2D eigenvalue weighted by Gasteiger charge is 2.35. The van der Waals surface area contributed by atoms with Crippen molar-refractivity contribution >= 4 is 41.5 Å². The summed E-state index contributed by atoms with van der Waals surface area (Å²) in [5.41, 5.74) is 0.952. The SMILES string of the molecule is CCCCNc1ncc(Br)cc1CC(P(=O)(OCC)OCC)=P(C)(C)OCC. The van der Waals surface area contributed by atoms with Gasteiger partial charge in [-0.3, -0.25) is 4.57 Å². The first-order valence-corrected chi connectivity index (χ1v) is 14.8. The molecule has 162 valence electrons. The van der Waals surface area contributed by atoms with E-state index in [1.54, 1.807) is 6.20 Å². The second kappa shape index (κ2) is 12.5. The molecule has 9 heteroatoms. The monoisotopic (exact) mass is 496 g/mol. The average molecular weight is 497 g/mol. The maximum Gasteiger partial charge on any atom is 0.359 e. The summed E-state index contributed by atoms with van der Waals surface area (Å²) in [6.07, 6.45) is 4.36. The Morgan fingerprint density at radius 3 is 2.25 bits per heavy atom. The third kappa shape index (κ3) is 7.59. The Kier molecular flexibility index (Phi) is 11.6. The van der Waals surface area contributed by atoms with E-state index < -0.39 is 14.7 Å². The van der Waals surface area contributed by atoms with Gasteiger partial charge in [-0.25, -0.2) is 4.98 Å². The van der Waals surface area contributed by atoms with Gasteiger partial charge >= 0.3 is 7.60 Å². The first-order valence-electron chi connectivity index (χ1n) is 9.86. The Morgan fingerprint density at radius 1 is 1.11 bits per heavy atom. The Bertz CT molecular complexity index is 712. The molecule has 0 aliphatic heterocycles. The molecule has 0 aromatic carbocycles. The first kappa shape index (κ1) is 25.9. The summed E-state index contributed by atoms with van der Waals surface area (Å²) in [7, 11) is -5.58. The van der Waals surface area contributed by atoms with Crippen molar-refractivity contribution in [1.82, 2.24) is 4.98 Å². The molecule has 1 heterocycles. The van der Waals surface area contributed by atoms with Gasteiger partial charge in [0.25, 0.3) is 0 Å². The zero-order valence-electron chi connectivity index (χ0n) is 18.0. The molecule has 6 nitrogen and oxygen atoms in total. The van der Waals surface area contributed by atoms with Crippen molar-refractivity contribution in [1.29, 1.82) is 0 Å². The van der Waals surface area contributed by atoms with Gasteiger partial charge in [0.05, 0.1) is 18.2 Å². The Morgan fingerprint density at radius 2 is 1.71 bits per heavy atom. The van der Waals surface area contributed by atoms with Crippen LogP contribution in [0.1, 0.15) is 46.1 Å². The van der Waals surface area contributed by atoms with Crippen molar-refractivity contribution in [2.75, 3.05) is 45.0 Å². The number of unbranched alkanes of at least 4 members (excludes halogenated alkanes) is 1. The van der Waals surface area contributed by atoms with E-state index in [4.69, 9.17) is 13.6 Å². The molecule has 0 fully saturated rings. The summed E-state index contributed by atoms with van der Waals surface area (Å²) < 4.78 is 32.0. The molecule has 1 aromatic heterocycles. The van der Waals surface area contributed by atoms with Crippen molar-refractivity contribution in [2.24, 2.45) is 0 Å². The number of nitrogens with one attached hydrogen (secondary N) is 1. The van der Waals surface area contributed by atoms with Gasteiger partial charge in [-0.2, -0.15) is 0 Å². The molecular weight excluding hydrogens is 462 g/mol. The van der Waals surface area contributed by atoms with E-state index in [1.165, 1.54) is 0 Å². The Hall–Kier alpha value is -0.160. The lowest BCUT2D eigenvalue weighted by molar-refractivity contribution is 0.232. The fourth-order valence-corrected chi connectivity index (χ4v) is 8.85. The Labute approximate surface area is 178 Å². The van der Waals surface area contributed by atoms with Crippen LogP contribution in [-0.2, 0) is 24.6 Å². The van der Waals surface area contributed by atoms with Crippen LogP contribution in [0.4, 0.5) is 5.82 Å². The van der Waals surface area contributed by atoms with Gasteiger partial charge in [0.1, 0.15) is 5.82 Å². The third-order valence-corrected chi connectivity index (χ3v) is 11.0. The number of nitrogens with zero attached hydrogens (tertiary/aromatic N) is 1. The predicted octanol–water partition coefficient (Wildman–Crippen LogP) is 6.22. The Balaban J connectivity index is 3.47. The summed E-state index contributed by atoms with van der Waals surface area (Å²) >= 11 is 3.51. The van der Waals surface area contributed by atoms with Crippen LogP contribution in [0, 0.1) is 0 Å². The van der Waals surface area contributed by atoms with Gasteiger partial charge in [-0.15, -0.1) is 0 Å². The summed E-state index contributed by atoms with van der Waals surface area (Å²) in [4.78, 5) is 4.53. The normalized spacial score (nSPS) is 12.2. The maximum atomic E-state index is 13.7. The van der Waals surface area contributed by atoms with E-state index in [-0.39, 0.29) is 0 Å². The molecule has 0 radical (unpaired) electrons. The molecule has 1 N–H and O–H groups in total. The summed E-state index contributed by atoms with van der Waals surface area (Å²) in [5.74, 6) is 0.796. The molecule has 0 aliphatic carbocycles. The minimum atomic E-state index is -3.44. The molecule has 1 rings (SSSR count). The van der Waals surface area contributed by atoms with Crippen molar-refractivity contribution in [3.63, 3.8) is 0 Å². The van der Waals surface area contributed by atoms with E-state index in [2.05, 4.69) is 33.2 Å². The largest absolute Gasteiger partial charge is 0.370 e. The highest BCUT2D eigenvalue weighted by atomic mass is 79.9. The molecule has 0 aliphatic rings. The van der Waals surface area contributed by atoms with E-state index in [1.807, 2.05) is 40.2 Å². The minimum Gasteiger partial charge on any atom is -0.370 e. The zero-order valence-corrected chi connectivity index (χ0v) is 21.3. The lowest BCUT2D eigenvalue weighted by atomic mass is 10.2. The van der Waals surface area contributed by atoms with Crippen LogP contribution in [-0.4, -0.2) is 49.7 Å². The minimum absolute atomic E-state index is 0.311. The van der Waals surface area contributed by atoms with Crippen LogP contribution >= 0.6 is 30.6 Å². The highest BCUT2D eigenvalue weighted by molar-refractivity contribution is 9.10. The van der Waals surface area contributed by atoms with Crippen molar-refractivity contribution in [3.05, 3.63) is 22.3 Å². The number of pyridine rings is 1. The fraction of sp³-hybridized carbons (Fsp3) is 0.684. The average Bonchev–Trinajstić information content (AvgIpc) is 2.61. The molecule has 28 heavy (non-hydrogen) atoms. The van der Waals surface area contributed by atoms with Gasteiger partial charge in [0, 0.05) is 42.9 Å². The quantitative estimate of drug-likeness (QED) is 0.258. The lowest BCUT2D eigenvalue weighted by Crippen LogP contribution is -2.15. The molecule has 0 amide bonds. The highest BCUT2D eigenvalue weighted by Crippen LogP contribution is 2.61. The summed E-state index contributed by atoms with van der Waals surface area (Å²) in [6.45, 7) is 13.8. The van der Waals surface area contributed by atoms with Gasteiger partial charge in [-0.1, -0.05) is 13.3 Å². The maximum absolute atomic E-state index is 13.7. The van der Waals surface area contributed by atoms with Crippen LogP contribution in [0.2, 0.25) is 0 Å². The van der Waals surface area contributed by atoms with E-state index in [0.717, 1.165) is 35.2 Å². The molecule has 0 saturated carbocycles. The molecule has 0 spiro atoms. The summed E-state index contributed by atoms with van der Waals surface area (Å²) in [5, 5.41) is 4.11. The molecular formula is C19H35BrN2O4P2. The fourth-order valence-electron chi connectivity index (χ4n) is 2.83. The van der Waals surface area contributed by atoms with Gasteiger partial charge in [0.2, 0.25) is 0 Å². The number of anilines is 1.